The van der Waals surface area contributed by atoms with Crippen molar-refractivity contribution in [3.05, 3.63) is 59.8 Å². The number of para-hydroxylation sites is 1. The van der Waals surface area contributed by atoms with E-state index >= 15 is 0 Å². The molecule has 1 atom stereocenters. The summed E-state index contributed by atoms with van der Waals surface area (Å²) in [7, 11) is 1.69. The van der Waals surface area contributed by atoms with Gasteiger partial charge in [-0.05, 0) is 55.3 Å². The van der Waals surface area contributed by atoms with E-state index in [-0.39, 0.29) is 5.92 Å². The normalized spacial score (nSPS) is 12.3. The molecule has 4 heteroatoms. The predicted octanol–water partition coefficient (Wildman–Crippen LogP) is 3.86. The molecule has 24 heavy (non-hydrogen) atoms. The van der Waals surface area contributed by atoms with Crippen LogP contribution in [-0.4, -0.2) is 25.2 Å². The number of hydrogen-bond donors (Lipinski definition) is 2. The summed E-state index contributed by atoms with van der Waals surface area (Å²) in [5.41, 5.74) is 9.62. The third kappa shape index (κ3) is 3.24. The monoisotopic (exact) mass is 324 g/mol. The van der Waals surface area contributed by atoms with Crippen LogP contribution in [0.1, 0.15) is 24.0 Å². The summed E-state index contributed by atoms with van der Waals surface area (Å²) in [6.07, 6.45) is 2.90. The maximum absolute atomic E-state index is 6.11. The van der Waals surface area contributed by atoms with Gasteiger partial charge in [-0.15, -0.1) is 0 Å². The van der Waals surface area contributed by atoms with Crippen LogP contribution in [0.5, 0.6) is 11.5 Å². The third-order valence-corrected chi connectivity index (χ3v) is 4.38. The maximum atomic E-state index is 6.11. The van der Waals surface area contributed by atoms with Gasteiger partial charge in [-0.1, -0.05) is 18.2 Å². The highest BCUT2D eigenvalue weighted by atomic mass is 16.5. The Kier molecular flexibility index (Phi) is 5.06. The molecule has 0 spiro atoms. The Labute approximate surface area is 142 Å². The summed E-state index contributed by atoms with van der Waals surface area (Å²) in [5, 5.41) is 1.17. The second kappa shape index (κ2) is 7.41. The smallest absolute Gasteiger partial charge is 0.122 e. The zero-order valence-corrected chi connectivity index (χ0v) is 14.2. The highest BCUT2D eigenvalue weighted by molar-refractivity contribution is 5.85. The molecule has 0 fully saturated rings. The number of nitrogens with two attached hydrogens (primary N) is 1. The van der Waals surface area contributed by atoms with Gasteiger partial charge in [0.2, 0.25) is 0 Å². The number of H-pyrrole nitrogens is 1. The van der Waals surface area contributed by atoms with Gasteiger partial charge < -0.3 is 20.2 Å². The van der Waals surface area contributed by atoms with Gasteiger partial charge in [-0.25, -0.2) is 0 Å². The van der Waals surface area contributed by atoms with Crippen LogP contribution in [0, 0.1) is 0 Å². The lowest BCUT2D eigenvalue weighted by atomic mass is 9.91. The molecular formula is C20H24N2O2. The van der Waals surface area contributed by atoms with E-state index in [0.29, 0.717) is 13.2 Å². The number of ether oxygens (including phenoxy) is 2. The summed E-state index contributed by atoms with van der Waals surface area (Å²) in [6.45, 7) is 3.24. The molecule has 0 amide bonds. The van der Waals surface area contributed by atoms with E-state index in [0.717, 1.165) is 23.4 Å². The van der Waals surface area contributed by atoms with Crippen LogP contribution < -0.4 is 15.2 Å². The molecule has 4 nitrogen and oxygen atoms in total. The number of nitrogens with one attached hydrogen (secondary N) is 1. The fourth-order valence-electron chi connectivity index (χ4n) is 3.14. The first-order valence-corrected chi connectivity index (χ1v) is 8.32. The molecule has 126 valence electrons. The molecule has 3 aromatic rings. The molecular weight excluding hydrogens is 300 g/mol. The number of benzene rings is 2. The lowest BCUT2D eigenvalue weighted by Gasteiger charge is -2.17. The second-order valence-electron chi connectivity index (χ2n) is 5.83. The van der Waals surface area contributed by atoms with Crippen molar-refractivity contribution in [2.75, 3.05) is 20.3 Å². The van der Waals surface area contributed by atoms with Crippen molar-refractivity contribution in [3.8, 4) is 11.5 Å². The number of methoxy groups -OCH3 is 1. The van der Waals surface area contributed by atoms with Gasteiger partial charge in [0.05, 0.1) is 13.7 Å². The van der Waals surface area contributed by atoms with Gasteiger partial charge in [0.25, 0.3) is 0 Å². The van der Waals surface area contributed by atoms with Crippen molar-refractivity contribution < 1.29 is 9.47 Å². The van der Waals surface area contributed by atoms with Crippen molar-refractivity contribution >= 4 is 10.9 Å². The molecule has 0 bridgehead atoms. The van der Waals surface area contributed by atoms with Gasteiger partial charge in [0, 0.05) is 23.0 Å². The lowest BCUT2D eigenvalue weighted by molar-refractivity contribution is 0.335. The minimum absolute atomic E-state index is 0.215. The number of aromatic nitrogens is 1. The Bertz CT molecular complexity index is 810. The molecule has 3 N–H and O–H groups in total. The summed E-state index contributed by atoms with van der Waals surface area (Å²) in [6, 6.07) is 14.3. The zero-order chi connectivity index (χ0) is 16.9. The van der Waals surface area contributed by atoms with Crippen molar-refractivity contribution in [1.29, 1.82) is 0 Å². The summed E-state index contributed by atoms with van der Waals surface area (Å²) >= 11 is 0. The molecule has 2 aromatic carbocycles. The first kappa shape index (κ1) is 16.4. The molecule has 1 unspecified atom stereocenters. The van der Waals surface area contributed by atoms with E-state index in [1.165, 1.54) is 16.5 Å². The van der Waals surface area contributed by atoms with Gasteiger partial charge in [0.15, 0.2) is 0 Å². The second-order valence-corrected chi connectivity index (χ2v) is 5.83. The Hall–Kier alpha value is -2.46. The zero-order valence-electron chi connectivity index (χ0n) is 14.2. The van der Waals surface area contributed by atoms with E-state index in [1.54, 1.807) is 7.11 Å². The van der Waals surface area contributed by atoms with E-state index in [1.807, 2.05) is 37.3 Å². The fourth-order valence-corrected chi connectivity index (χ4v) is 3.14. The minimum atomic E-state index is 0.215. The molecule has 3 rings (SSSR count). The maximum Gasteiger partial charge on any atom is 0.122 e. The van der Waals surface area contributed by atoms with Gasteiger partial charge in [0.1, 0.15) is 11.5 Å². The van der Waals surface area contributed by atoms with Crippen LogP contribution in [0.25, 0.3) is 10.9 Å². The number of fused-ring (bicyclic) bond motifs is 1. The van der Waals surface area contributed by atoms with Crippen molar-refractivity contribution in [2.45, 2.75) is 19.3 Å². The number of aromatic amines is 1. The molecule has 0 saturated heterocycles. The summed E-state index contributed by atoms with van der Waals surface area (Å²) in [5.74, 6) is 2.01. The van der Waals surface area contributed by atoms with Crippen LogP contribution in [-0.2, 0) is 6.42 Å². The quantitative estimate of drug-likeness (QED) is 0.694. The van der Waals surface area contributed by atoms with Gasteiger partial charge >= 0.3 is 0 Å². The predicted molar refractivity (Wildman–Crippen MR) is 98.0 cm³/mol. The highest BCUT2D eigenvalue weighted by Crippen LogP contribution is 2.32. The van der Waals surface area contributed by atoms with Crippen molar-refractivity contribution in [3.63, 3.8) is 0 Å². The molecule has 0 aliphatic carbocycles. The van der Waals surface area contributed by atoms with Crippen molar-refractivity contribution in [2.24, 2.45) is 5.73 Å². The molecule has 0 aliphatic heterocycles. The van der Waals surface area contributed by atoms with E-state index < -0.39 is 0 Å². The van der Waals surface area contributed by atoms with Crippen LogP contribution in [0.2, 0.25) is 0 Å². The SMILES string of the molecule is CCOc1ccccc1CC(CN)c1c[nH]c2ccc(OC)cc12. The molecule has 0 aliphatic rings. The van der Waals surface area contributed by atoms with Gasteiger partial charge in [-0.2, -0.15) is 0 Å². The standard InChI is InChI=1S/C20H24N2O2/c1-3-24-20-7-5-4-6-14(20)10-15(12-21)18-13-22-19-9-8-16(23-2)11-17(18)19/h4-9,11,13,15,22H,3,10,12,21H2,1-2H3. The van der Waals surface area contributed by atoms with E-state index in [2.05, 4.69) is 23.3 Å². The fraction of sp³-hybridized carbons (Fsp3) is 0.300. The summed E-state index contributed by atoms with van der Waals surface area (Å²) in [4.78, 5) is 3.34. The first-order valence-electron chi connectivity index (χ1n) is 8.32. The molecule has 1 heterocycles. The van der Waals surface area contributed by atoms with Crippen LogP contribution in [0.3, 0.4) is 0 Å². The topological polar surface area (TPSA) is 60.3 Å². The minimum Gasteiger partial charge on any atom is -0.497 e. The van der Waals surface area contributed by atoms with Crippen LogP contribution in [0.15, 0.2) is 48.7 Å². The molecule has 0 radical (unpaired) electrons. The Balaban J connectivity index is 1.95. The van der Waals surface area contributed by atoms with Crippen LogP contribution in [0.4, 0.5) is 0 Å². The van der Waals surface area contributed by atoms with E-state index in [9.17, 15) is 0 Å². The van der Waals surface area contributed by atoms with Crippen LogP contribution >= 0.6 is 0 Å². The lowest BCUT2D eigenvalue weighted by Crippen LogP contribution is -2.15. The number of hydrogen-bond acceptors (Lipinski definition) is 3. The van der Waals surface area contributed by atoms with Crippen molar-refractivity contribution in [1.82, 2.24) is 4.98 Å². The summed E-state index contributed by atoms with van der Waals surface area (Å²) < 4.78 is 11.1. The average molecular weight is 324 g/mol. The number of rotatable bonds is 7. The Morgan fingerprint density at radius 2 is 2.00 bits per heavy atom. The molecule has 0 saturated carbocycles. The first-order chi connectivity index (χ1) is 11.8. The highest BCUT2D eigenvalue weighted by Gasteiger charge is 2.17. The third-order valence-electron chi connectivity index (χ3n) is 4.38. The van der Waals surface area contributed by atoms with E-state index in [4.69, 9.17) is 15.2 Å². The molecule has 1 aromatic heterocycles. The largest absolute Gasteiger partial charge is 0.497 e. The average Bonchev–Trinajstić information content (AvgIpc) is 3.04. The Morgan fingerprint density at radius 1 is 1.17 bits per heavy atom. The Morgan fingerprint density at radius 3 is 2.75 bits per heavy atom. The van der Waals surface area contributed by atoms with Gasteiger partial charge in [-0.3, -0.25) is 0 Å².